The summed E-state index contributed by atoms with van der Waals surface area (Å²) in [6.45, 7) is 3.47. The summed E-state index contributed by atoms with van der Waals surface area (Å²) >= 11 is 0. The van der Waals surface area contributed by atoms with Crippen LogP contribution in [0.25, 0.3) is 0 Å². The predicted molar refractivity (Wildman–Crippen MR) is 25.9 cm³/mol. The number of hydrogen-bond acceptors (Lipinski definition) is 1. The molecule has 2 unspecified atom stereocenters. The van der Waals surface area contributed by atoms with Gasteiger partial charge >= 0.3 is 0 Å². The van der Waals surface area contributed by atoms with Gasteiger partial charge in [-0.15, -0.1) is 0 Å². The molecule has 0 aromatic rings. The van der Waals surface area contributed by atoms with Gasteiger partial charge in [-0.1, -0.05) is 9.39 Å². The van der Waals surface area contributed by atoms with Gasteiger partial charge in [0.2, 0.25) is 0 Å². The lowest BCUT2D eigenvalue weighted by Crippen LogP contribution is -1.72. The van der Waals surface area contributed by atoms with Gasteiger partial charge in [0.25, 0.3) is 0 Å². The molecule has 3 atom stereocenters. The topological polar surface area (TPSA) is 3.01 Å². The van der Waals surface area contributed by atoms with E-state index < -0.39 is 0 Å². The van der Waals surface area contributed by atoms with E-state index in [0.29, 0.717) is 0 Å². The van der Waals surface area contributed by atoms with E-state index in [2.05, 4.69) is 21.0 Å². The Hall–Kier alpha value is 0.390. The molecular weight excluding hydrogens is 81.0 g/mol. The normalized spacial score (nSPS) is 49.2. The summed E-state index contributed by atoms with van der Waals surface area (Å²) in [6.07, 6.45) is 0. The van der Waals surface area contributed by atoms with Crippen molar-refractivity contribution in [1.29, 1.82) is 0 Å². The molecule has 0 bridgehead atoms. The van der Waals surface area contributed by atoms with E-state index in [0.717, 1.165) is 6.04 Å². The fourth-order valence-electron chi connectivity index (χ4n) is 0.258. The summed E-state index contributed by atoms with van der Waals surface area (Å²) < 4.78 is 2.21. The summed E-state index contributed by atoms with van der Waals surface area (Å²) in [4.78, 5) is 0. The second-order valence-electron chi connectivity index (χ2n) is 1.55. The van der Waals surface area contributed by atoms with Gasteiger partial charge in [0, 0.05) is 12.6 Å². The highest BCUT2D eigenvalue weighted by Crippen LogP contribution is 2.20. The number of rotatable bonds is 0. The molecular formula is C3H8NP. The minimum absolute atomic E-state index is 0.847. The van der Waals surface area contributed by atoms with E-state index in [1.165, 1.54) is 6.54 Å². The molecule has 1 aliphatic rings. The lowest BCUT2D eigenvalue weighted by molar-refractivity contribution is 0.850. The fraction of sp³-hybridized carbons (Fsp3) is 1.00. The van der Waals surface area contributed by atoms with Crippen LogP contribution in [0.15, 0.2) is 0 Å². The highest BCUT2D eigenvalue weighted by Gasteiger charge is 2.23. The smallest absolute Gasteiger partial charge is 0.0232 e. The molecule has 1 aliphatic heterocycles. The van der Waals surface area contributed by atoms with Crippen molar-refractivity contribution in [2.24, 2.45) is 0 Å². The van der Waals surface area contributed by atoms with Crippen LogP contribution in [0.2, 0.25) is 0 Å². The van der Waals surface area contributed by atoms with E-state index in [1.807, 2.05) is 0 Å². The molecule has 0 saturated carbocycles. The summed E-state index contributed by atoms with van der Waals surface area (Å²) in [7, 11) is 2.64. The van der Waals surface area contributed by atoms with Crippen molar-refractivity contribution >= 4 is 9.39 Å². The largest absolute Gasteiger partial charge is 0.282 e. The van der Waals surface area contributed by atoms with Crippen LogP contribution in [0.3, 0.4) is 0 Å². The van der Waals surface area contributed by atoms with Gasteiger partial charge in [0.1, 0.15) is 0 Å². The van der Waals surface area contributed by atoms with Crippen LogP contribution >= 0.6 is 9.39 Å². The van der Waals surface area contributed by atoms with Crippen LogP contribution in [0, 0.1) is 0 Å². The van der Waals surface area contributed by atoms with Crippen LogP contribution in [0.4, 0.5) is 0 Å². The van der Waals surface area contributed by atoms with Crippen molar-refractivity contribution in [3.8, 4) is 0 Å². The predicted octanol–water partition coefficient (Wildman–Crippen LogP) is 0.481. The van der Waals surface area contributed by atoms with E-state index in [-0.39, 0.29) is 0 Å². The minimum atomic E-state index is 0.847. The molecule has 30 valence electrons. The van der Waals surface area contributed by atoms with Gasteiger partial charge < -0.3 is 0 Å². The maximum atomic E-state index is 2.64. The van der Waals surface area contributed by atoms with Crippen molar-refractivity contribution in [2.45, 2.75) is 13.0 Å². The Morgan fingerprint density at radius 3 is 2.20 bits per heavy atom. The van der Waals surface area contributed by atoms with Crippen molar-refractivity contribution < 1.29 is 0 Å². The molecule has 0 radical (unpaired) electrons. The zero-order valence-electron chi connectivity index (χ0n) is 3.31. The van der Waals surface area contributed by atoms with Crippen molar-refractivity contribution in [2.75, 3.05) is 6.54 Å². The van der Waals surface area contributed by atoms with Crippen molar-refractivity contribution in [3.05, 3.63) is 0 Å². The average molecular weight is 89.1 g/mol. The Balaban J connectivity index is 2.20. The molecule has 0 amide bonds. The van der Waals surface area contributed by atoms with Gasteiger partial charge in [-0.3, -0.25) is 4.67 Å². The van der Waals surface area contributed by atoms with E-state index in [9.17, 15) is 0 Å². The quantitative estimate of drug-likeness (QED) is 0.308. The zero-order valence-corrected chi connectivity index (χ0v) is 4.46. The molecule has 1 fully saturated rings. The van der Waals surface area contributed by atoms with Crippen molar-refractivity contribution in [3.63, 3.8) is 0 Å². The maximum Gasteiger partial charge on any atom is 0.0232 e. The molecule has 0 aliphatic carbocycles. The van der Waals surface area contributed by atoms with Gasteiger partial charge in [-0.05, 0) is 6.92 Å². The Bertz CT molecular complexity index is 40.2. The Kier molecular flexibility index (Phi) is 0.661. The third kappa shape index (κ3) is 0.614. The van der Waals surface area contributed by atoms with Gasteiger partial charge in [0.15, 0.2) is 0 Å². The molecule has 1 nitrogen and oxygen atoms in total. The second-order valence-corrected chi connectivity index (χ2v) is 2.21. The summed E-state index contributed by atoms with van der Waals surface area (Å²) in [5.74, 6) is 0. The third-order valence-electron chi connectivity index (χ3n) is 0.908. The standard InChI is InChI=1S/C3H8NP/c1-3-2-4(3)5/h3H,2,5H2,1H3/t3-,4?/m0/s1. The lowest BCUT2D eigenvalue weighted by atomic mass is 10.6. The molecule has 1 rings (SSSR count). The van der Waals surface area contributed by atoms with Gasteiger partial charge in [-0.2, -0.15) is 0 Å². The lowest BCUT2D eigenvalue weighted by Gasteiger charge is -1.75. The fourth-order valence-corrected chi connectivity index (χ4v) is 0.563. The molecule has 0 aromatic heterocycles. The second kappa shape index (κ2) is 0.924. The van der Waals surface area contributed by atoms with Gasteiger partial charge in [0.05, 0.1) is 0 Å². The van der Waals surface area contributed by atoms with E-state index in [4.69, 9.17) is 0 Å². The SMILES string of the molecule is C[C@H]1CN1P. The highest BCUT2D eigenvalue weighted by molar-refractivity contribution is 7.13. The molecule has 2 heteroatoms. The summed E-state index contributed by atoms with van der Waals surface area (Å²) in [6, 6.07) is 0.847. The summed E-state index contributed by atoms with van der Waals surface area (Å²) in [5, 5.41) is 0. The minimum Gasteiger partial charge on any atom is -0.282 e. The first-order chi connectivity index (χ1) is 2.30. The number of hydrogen-bond donors (Lipinski definition) is 0. The Morgan fingerprint density at radius 1 is 2.00 bits per heavy atom. The first kappa shape index (κ1) is 3.58. The van der Waals surface area contributed by atoms with Crippen LogP contribution in [0.5, 0.6) is 0 Å². The molecule has 0 aromatic carbocycles. The molecule has 1 saturated heterocycles. The van der Waals surface area contributed by atoms with Gasteiger partial charge in [-0.25, -0.2) is 0 Å². The van der Waals surface area contributed by atoms with Crippen LogP contribution in [-0.4, -0.2) is 17.3 Å². The van der Waals surface area contributed by atoms with Crippen LogP contribution in [0.1, 0.15) is 6.92 Å². The average Bonchev–Trinajstić information content (AvgIpc) is 1.79. The van der Waals surface area contributed by atoms with Crippen molar-refractivity contribution in [1.82, 2.24) is 4.67 Å². The molecule has 0 spiro atoms. The van der Waals surface area contributed by atoms with Crippen LogP contribution < -0.4 is 0 Å². The molecule has 0 N–H and O–H groups in total. The Labute approximate surface area is 34.6 Å². The van der Waals surface area contributed by atoms with E-state index in [1.54, 1.807) is 0 Å². The number of nitrogens with zero attached hydrogens (tertiary/aromatic N) is 1. The van der Waals surface area contributed by atoms with E-state index >= 15 is 0 Å². The summed E-state index contributed by atoms with van der Waals surface area (Å²) in [5.41, 5.74) is 0. The first-order valence-electron chi connectivity index (χ1n) is 1.82. The molecule has 1 heterocycles. The monoisotopic (exact) mass is 89.0 g/mol. The third-order valence-corrected chi connectivity index (χ3v) is 1.63. The Morgan fingerprint density at radius 2 is 2.20 bits per heavy atom. The first-order valence-corrected chi connectivity index (χ1v) is 2.33. The highest BCUT2D eigenvalue weighted by atomic mass is 31.0. The maximum absolute atomic E-state index is 2.64. The van der Waals surface area contributed by atoms with Crippen LogP contribution in [-0.2, 0) is 0 Å². The zero-order chi connectivity index (χ0) is 3.86. The molecule has 5 heavy (non-hydrogen) atoms.